The Morgan fingerprint density at radius 2 is 1.42 bits per heavy atom. The van der Waals surface area contributed by atoms with E-state index in [0.29, 0.717) is 5.56 Å². The number of hydrogen-bond acceptors (Lipinski definition) is 3. The minimum Gasteiger partial charge on any atom is -1.00 e. The van der Waals surface area contributed by atoms with Gasteiger partial charge in [0, 0.05) is 30.8 Å². The molecule has 0 spiro atoms. The molecule has 2 bridgehead atoms. The van der Waals surface area contributed by atoms with Gasteiger partial charge in [-0.3, -0.25) is 14.5 Å². The summed E-state index contributed by atoms with van der Waals surface area (Å²) in [6.45, 7) is 5.90. The molecule has 160 valence electrons. The SMILES string of the molecule is O=C(CC(C(=O)c1ccccc1)[N+]12CCN(CC1)CC2)c1cccc2ccccc12.[Br-]. The molecular formula is C26H27BrN2O2. The van der Waals surface area contributed by atoms with Crippen LogP contribution < -0.4 is 17.0 Å². The van der Waals surface area contributed by atoms with Crippen LogP contribution in [0.1, 0.15) is 27.1 Å². The standard InChI is InChI=1S/C26H27N2O2.BrH/c29-25(23-12-6-10-20-7-4-5-11-22(20)23)19-24(26(30)21-8-2-1-3-9-21)28-16-13-27(14-17-28)15-18-28;/h1-12,24H,13-19H2;1H/q+1;/p-1. The number of nitrogens with zero attached hydrogens (tertiary/aromatic N) is 2. The van der Waals surface area contributed by atoms with Crippen molar-refractivity contribution in [3.8, 4) is 0 Å². The summed E-state index contributed by atoms with van der Waals surface area (Å²) in [6, 6.07) is 23.1. The van der Waals surface area contributed by atoms with Crippen LogP contribution in [0.3, 0.4) is 0 Å². The Kier molecular flexibility index (Phi) is 6.37. The van der Waals surface area contributed by atoms with Crippen LogP contribution in [-0.4, -0.2) is 66.3 Å². The van der Waals surface area contributed by atoms with E-state index in [4.69, 9.17) is 0 Å². The van der Waals surface area contributed by atoms with E-state index in [1.807, 2.05) is 72.8 Å². The fourth-order valence-corrected chi connectivity index (χ4v) is 5.24. The molecule has 6 rings (SSSR count). The molecule has 1 unspecified atom stereocenters. The Morgan fingerprint density at radius 1 is 0.806 bits per heavy atom. The number of halogens is 1. The van der Waals surface area contributed by atoms with Crippen molar-refractivity contribution >= 4 is 22.3 Å². The number of quaternary nitrogens is 1. The molecule has 5 heteroatoms. The summed E-state index contributed by atoms with van der Waals surface area (Å²) in [5.74, 6) is 0.182. The van der Waals surface area contributed by atoms with Crippen molar-refractivity contribution in [2.24, 2.45) is 0 Å². The number of Topliss-reactive ketones (excluding diaryl/α,β-unsaturated/α-hetero) is 2. The topological polar surface area (TPSA) is 37.4 Å². The maximum absolute atomic E-state index is 13.7. The predicted octanol–water partition coefficient (Wildman–Crippen LogP) is 0.814. The third-order valence-electron chi connectivity index (χ3n) is 7.08. The number of rotatable bonds is 6. The molecule has 0 amide bonds. The first-order valence-electron chi connectivity index (χ1n) is 10.8. The normalized spacial score (nSPS) is 23.2. The zero-order chi connectivity index (χ0) is 20.6. The highest BCUT2D eigenvalue weighted by Crippen LogP contribution is 2.30. The Labute approximate surface area is 193 Å². The van der Waals surface area contributed by atoms with Crippen LogP contribution in [0, 0.1) is 0 Å². The Balaban J connectivity index is 0.00000231. The van der Waals surface area contributed by atoms with Gasteiger partial charge in [-0.15, -0.1) is 0 Å². The lowest BCUT2D eigenvalue weighted by molar-refractivity contribution is -0.954. The highest BCUT2D eigenvalue weighted by Gasteiger charge is 2.48. The first-order valence-corrected chi connectivity index (χ1v) is 10.8. The van der Waals surface area contributed by atoms with Crippen LogP contribution in [0.4, 0.5) is 0 Å². The molecule has 0 saturated carbocycles. The van der Waals surface area contributed by atoms with Gasteiger partial charge in [-0.1, -0.05) is 72.8 Å². The lowest BCUT2D eigenvalue weighted by Gasteiger charge is -2.53. The van der Waals surface area contributed by atoms with Gasteiger partial charge in [-0.25, -0.2) is 0 Å². The second-order valence-corrected chi connectivity index (χ2v) is 8.63. The number of benzene rings is 3. The molecule has 4 nitrogen and oxygen atoms in total. The van der Waals surface area contributed by atoms with Crippen molar-refractivity contribution in [3.05, 3.63) is 83.9 Å². The summed E-state index contributed by atoms with van der Waals surface area (Å²) in [7, 11) is 0. The summed E-state index contributed by atoms with van der Waals surface area (Å²) in [6.07, 6.45) is 0.266. The number of fused-ring (bicyclic) bond motifs is 4. The molecule has 31 heavy (non-hydrogen) atoms. The average molecular weight is 479 g/mol. The lowest BCUT2D eigenvalue weighted by atomic mass is 9.90. The molecule has 1 atom stereocenters. The smallest absolute Gasteiger partial charge is 0.220 e. The minimum absolute atomic E-state index is 0. The number of carbonyl (C=O) groups excluding carboxylic acids is 2. The van der Waals surface area contributed by atoms with E-state index in [2.05, 4.69) is 4.90 Å². The minimum atomic E-state index is -0.318. The molecule has 3 aromatic carbocycles. The maximum Gasteiger partial charge on any atom is 0.220 e. The first kappa shape index (κ1) is 21.9. The van der Waals surface area contributed by atoms with Crippen LogP contribution >= 0.6 is 0 Å². The van der Waals surface area contributed by atoms with Crippen LogP contribution in [0.2, 0.25) is 0 Å². The first-order chi connectivity index (χ1) is 14.7. The highest BCUT2D eigenvalue weighted by atomic mass is 79.9. The highest BCUT2D eigenvalue weighted by molar-refractivity contribution is 6.10. The van der Waals surface area contributed by atoms with Gasteiger partial charge in [0.25, 0.3) is 0 Å². The van der Waals surface area contributed by atoms with E-state index < -0.39 is 0 Å². The quantitative estimate of drug-likeness (QED) is 0.388. The molecule has 3 saturated heterocycles. The molecule has 3 aromatic rings. The van der Waals surface area contributed by atoms with Gasteiger partial charge in [-0.2, -0.15) is 0 Å². The lowest BCUT2D eigenvalue weighted by Crippen LogP contribution is -3.00. The van der Waals surface area contributed by atoms with Crippen molar-refractivity contribution in [2.45, 2.75) is 12.5 Å². The van der Waals surface area contributed by atoms with E-state index >= 15 is 0 Å². The molecule has 0 aliphatic carbocycles. The van der Waals surface area contributed by atoms with Crippen LogP contribution in [0.25, 0.3) is 10.8 Å². The molecule has 3 aliphatic heterocycles. The Bertz CT molecular complexity index is 1070. The Hall–Kier alpha value is -2.34. The zero-order valence-electron chi connectivity index (χ0n) is 17.5. The molecule has 3 fully saturated rings. The van der Waals surface area contributed by atoms with E-state index in [1.165, 1.54) is 0 Å². The Morgan fingerprint density at radius 3 is 2.13 bits per heavy atom. The van der Waals surface area contributed by atoms with E-state index in [-0.39, 0.29) is 41.0 Å². The molecule has 0 N–H and O–H groups in total. The molecular weight excluding hydrogens is 452 g/mol. The summed E-state index contributed by atoms with van der Waals surface area (Å²) >= 11 is 0. The third kappa shape index (κ3) is 4.10. The summed E-state index contributed by atoms with van der Waals surface area (Å²) in [5.41, 5.74) is 1.45. The van der Waals surface area contributed by atoms with Crippen LogP contribution in [-0.2, 0) is 0 Å². The van der Waals surface area contributed by atoms with Crippen LogP contribution in [0.15, 0.2) is 72.8 Å². The van der Waals surface area contributed by atoms with Crippen molar-refractivity contribution < 1.29 is 31.1 Å². The van der Waals surface area contributed by atoms with Crippen molar-refractivity contribution in [3.63, 3.8) is 0 Å². The largest absolute Gasteiger partial charge is 1.00 e. The number of carbonyl (C=O) groups is 2. The van der Waals surface area contributed by atoms with Gasteiger partial charge in [-0.05, 0) is 10.8 Å². The number of ketones is 2. The van der Waals surface area contributed by atoms with E-state index in [0.717, 1.165) is 60.1 Å². The number of piperazine rings is 3. The van der Waals surface area contributed by atoms with Crippen molar-refractivity contribution in [2.75, 3.05) is 39.3 Å². The molecule has 0 aromatic heterocycles. The van der Waals surface area contributed by atoms with E-state index in [1.54, 1.807) is 0 Å². The fourth-order valence-electron chi connectivity index (χ4n) is 5.24. The number of hydrogen-bond donors (Lipinski definition) is 0. The van der Waals surface area contributed by atoms with E-state index in [9.17, 15) is 9.59 Å². The third-order valence-corrected chi connectivity index (χ3v) is 7.08. The predicted molar refractivity (Wildman–Crippen MR) is 119 cm³/mol. The average Bonchev–Trinajstić information content (AvgIpc) is 2.83. The monoisotopic (exact) mass is 478 g/mol. The molecule has 0 radical (unpaired) electrons. The van der Waals surface area contributed by atoms with Crippen molar-refractivity contribution in [1.82, 2.24) is 4.90 Å². The van der Waals surface area contributed by atoms with Gasteiger partial charge < -0.3 is 21.5 Å². The fraction of sp³-hybridized carbons (Fsp3) is 0.308. The van der Waals surface area contributed by atoms with Gasteiger partial charge in [0.1, 0.15) is 0 Å². The second kappa shape index (κ2) is 9.03. The maximum atomic E-state index is 13.7. The zero-order valence-corrected chi connectivity index (χ0v) is 19.1. The van der Waals surface area contributed by atoms with Gasteiger partial charge in [0.2, 0.25) is 5.78 Å². The van der Waals surface area contributed by atoms with Crippen molar-refractivity contribution in [1.29, 1.82) is 0 Å². The summed E-state index contributed by atoms with van der Waals surface area (Å²) in [4.78, 5) is 29.7. The second-order valence-electron chi connectivity index (χ2n) is 8.63. The van der Waals surface area contributed by atoms with Crippen LogP contribution in [0.5, 0.6) is 0 Å². The van der Waals surface area contributed by atoms with Gasteiger partial charge in [0.15, 0.2) is 11.8 Å². The van der Waals surface area contributed by atoms with Gasteiger partial charge in [0.05, 0.1) is 26.1 Å². The molecule has 3 heterocycles. The van der Waals surface area contributed by atoms with Gasteiger partial charge >= 0.3 is 0 Å². The summed E-state index contributed by atoms with van der Waals surface area (Å²) in [5, 5.41) is 2.03. The molecule has 3 aliphatic rings. The summed E-state index contributed by atoms with van der Waals surface area (Å²) < 4.78 is 0.751.